The van der Waals surface area contributed by atoms with Crippen molar-refractivity contribution in [3.8, 4) is 5.75 Å². The summed E-state index contributed by atoms with van der Waals surface area (Å²) in [5.41, 5.74) is 1.23. The van der Waals surface area contributed by atoms with Gasteiger partial charge in [-0.05, 0) is 56.2 Å². The Bertz CT molecular complexity index is 1000. The quantitative estimate of drug-likeness (QED) is 0.216. The standard InChI is InChI=1S/C27H35N3O4/c1-4-7-17-34-22-13-8-11-20(18-22)25(31)23-24(21-12-9-14-28-19-21)30(27(33)26(23)32)16-10-15-29(5-2)6-3/h8-9,11-14,18-19,24,31H,4-7,10,15-17H2,1-3H3/b25-23+. The third kappa shape index (κ3) is 5.83. The van der Waals surface area contributed by atoms with E-state index in [1.54, 1.807) is 41.6 Å². The predicted octanol–water partition coefficient (Wildman–Crippen LogP) is 4.41. The lowest BCUT2D eigenvalue weighted by Crippen LogP contribution is -2.33. The SMILES string of the molecule is CCCCOc1cccc(/C(O)=C2\C(=O)C(=O)N(CCCN(CC)CC)C2c2cccnc2)c1. The van der Waals surface area contributed by atoms with Crippen molar-refractivity contribution in [2.75, 3.05) is 32.8 Å². The molecule has 1 aliphatic rings. The van der Waals surface area contributed by atoms with Crippen LogP contribution in [0.15, 0.2) is 54.4 Å². The van der Waals surface area contributed by atoms with E-state index >= 15 is 0 Å². The number of unbranched alkanes of at least 4 members (excludes halogenated alkanes) is 1. The highest BCUT2D eigenvalue weighted by Crippen LogP contribution is 2.39. The van der Waals surface area contributed by atoms with Crippen LogP contribution in [0.3, 0.4) is 0 Å². The number of carbonyl (C=O) groups excluding carboxylic acids is 2. The first-order valence-electron chi connectivity index (χ1n) is 12.2. The fourth-order valence-corrected chi connectivity index (χ4v) is 4.22. The van der Waals surface area contributed by atoms with Gasteiger partial charge in [0.25, 0.3) is 11.7 Å². The number of hydrogen-bond donors (Lipinski definition) is 1. The van der Waals surface area contributed by atoms with Gasteiger partial charge < -0.3 is 19.6 Å². The van der Waals surface area contributed by atoms with Gasteiger partial charge in [0.2, 0.25) is 0 Å². The van der Waals surface area contributed by atoms with Gasteiger partial charge in [0.1, 0.15) is 11.5 Å². The van der Waals surface area contributed by atoms with E-state index in [4.69, 9.17) is 4.74 Å². The van der Waals surface area contributed by atoms with Gasteiger partial charge in [0.05, 0.1) is 18.2 Å². The second-order valence-electron chi connectivity index (χ2n) is 8.39. The zero-order valence-electron chi connectivity index (χ0n) is 20.4. The van der Waals surface area contributed by atoms with Crippen LogP contribution in [0, 0.1) is 0 Å². The highest BCUT2D eigenvalue weighted by molar-refractivity contribution is 6.46. The third-order valence-corrected chi connectivity index (χ3v) is 6.18. The minimum atomic E-state index is -0.685. The number of aliphatic hydroxyl groups is 1. The van der Waals surface area contributed by atoms with E-state index in [-0.39, 0.29) is 11.3 Å². The fourth-order valence-electron chi connectivity index (χ4n) is 4.22. The van der Waals surface area contributed by atoms with Crippen molar-refractivity contribution in [2.45, 2.75) is 46.1 Å². The Kier molecular flexibility index (Phi) is 9.22. The maximum absolute atomic E-state index is 13.1. The van der Waals surface area contributed by atoms with Crippen molar-refractivity contribution in [3.63, 3.8) is 0 Å². The van der Waals surface area contributed by atoms with Crippen LogP contribution >= 0.6 is 0 Å². The van der Waals surface area contributed by atoms with E-state index in [1.807, 2.05) is 12.1 Å². The van der Waals surface area contributed by atoms with Crippen LogP contribution in [0.25, 0.3) is 5.76 Å². The van der Waals surface area contributed by atoms with Gasteiger partial charge in [-0.1, -0.05) is 45.4 Å². The summed E-state index contributed by atoms with van der Waals surface area (Å²) in [5, 5.41) is 11.2. The fraction of sp³-hybridized carbons (Fsp3) is 0.444. The smallest absolute Gasteiger partial charge is 0.295 e. The highest BCUT2D eigenvalue weighted by Gasteiger charge is 2.45. The summed E-state index contributed by atoms with van der Waals surface area (Å²) >= 11 is 0. The molecule has 182 valence electrons. The van der Waals surface area contributed by atoms with Crippen molar-refractivity contribution in [1.29, 1.82) is 0 Å². The Balaban J connectivity index is 1.96. The first-order chi connectivity index (χ1) is 16.5. The molecule has 7 heteroatoms. The van der Waals surface area contributed by atoms with E-state index in [0.717, 1.165) is 38.9 Å². The number of Topliss-reactive ketones (excluding diaryl/α,β-unsaturated/α-hetero) is 1. The van der Waals surface area contributed by atoms with E-state index in [2.05, 4.69) is 30.7 Å². The van der Waals surface area contributed by atoms with Crippen LogP contribution in [0.2, 0.25) is 0 Å². The highest BCUT2D eigenvalue weighted by atomic mass is 16.5. The zero-order valence-corrected chi connectivity index (χ0v) is 20.4. The molecule has 0 aliphatic carbocycles. The van der Waals surface area contributed by atoms with Crippen molar-refractivity contribution < 1.29 is 19.4 Å². The summed E-state index contributed by atoms with van der Waals surface area (Å²) in [6, 6.07) is 9.93. The van der Waals surface area contributed by atoms with Crippen LogP contribution in [-0.4, -0.2) is 64.4 Å². The molecule has 2 aromatic rings. The summed E-state index contributed by atoms with van der Waals surface area (Å²) in [4.78, 5) is 34.2. The molecule has 1 aliphatic heterocycles. The predicted molar refractivity (Wildman–Crippen MR) is 132 cm³/mol. The van der Waals surface area contributed by atoms with Crippen LogP contribution in [0.4, 0.5) is 0 Å². The molecule has 34 heavy (non-hydrogen) atoms. The van der Waals surface area contributed by atoms with Gasteiger partial charge in [0, 0.05) is 24.5 Å². The van der Waals surface area contributed by atoms with Gasteiger partial charge in [-0.15, -0.1) is 0 Å². The summed E-state index contributed by atoms with van der Waals surface area (Å²) in [7, 11) is 0. The number of rotatable bonds is 12. The zero-order chi connectivity index (χ0) is 24.5. The molecule has 0 saturated carbocycles. The lowest BCUT2D eigenvalue weighted by molar-refractivity contribution is -0.140. The van der Waals surface area contributed by atoms with E-state index in [0.29, 0.717) is 30.0 Å². The van der Waals surface area contributed by atoms with Crippen molar-refractivity contribution in [3.05, 3.63) is 65.5 Å². The molecule has 1 saturated heterocycles. The molecule has 0 spiro atoms. The summed E-state index contributed by atoms with van der Waals surface area (Å²) in [6.45, 7) is 9.97. The van der Waals surface area contributed by atoms with Crippen LogP contribution in [-0.2, 0) is 9.59 Å². The molecular formula is C27H35N3O4. The molecule has 0 bridgehead atoms. The molecule has 1 atom stereocenters. The number of aromatic nitrogens is 1. The number of benzene rings is 1. The number of amides is 1. The molecule has 1 aromatic carbocycles. The van der Waals surface area contributed by atoms with E-state index < -0.39 is 17.7 Å². The average molecular weight is 466 g/mol. The molecule has 1 amide bonds. The first kappa shape index (κ1) is 25.4. The summed E-state index contributed by atoms with van der Waals surface area (Å²) in [6.07, 6.45) is 5.96. The molecule has 1 unspecified atom stereocenters. The number of ether oxygens (including phenoxy) is 1. The molecule has 7 nitrogen and oxygen atoms in total. The van der Waals surface area contributed by atoms with Gasteiger partial charge >= 0.3 is 0 Å². The van der Waals surface area contributed by atoms with Crippen molar-refractivity contribution >= 4 is 17.4 Å². The Labute approximate surface area is 202 Å². The van der Waals surface area contributed by atoms with E-state index in [1.165, 1.54) is 0 Å². The second kappa shape index (κ2) is 12.3. The molecule has 3 rings (SSSR count). The molecule has 1 aromatic heterocycles. The van der Waals surface area contributed by atoms with Crippen LogP contribution in [0.5, 0.6) is 5.75 Å². The van der Waals surface area contributed by atoms with Gasteiger partial charge in [-0.2, -0.15) is 0 Å². The molecule has 0 radical (unpaired) electrons. The van der Waals surface area contributed by atoms with E-state index in [9.17, 15) is 14.7 Å². The minimum absolute atomic E-state index is 0.0894. The summed E-state index contributed by atoms with van der Waals surface area (Å²) in [5.74, 6) is -0.847. The van der Waals surface area contributed by atoms with Gasteiger partial charge in [-0.25, -0.2) is 0 Å². The number of aliphatic hydroxyl groups excluding tert-OH is 1. The molecule has 1 N–H and O–H groups in total. The first-order valence-corrected chi connectivity index (χ1v) is 12.2. The molecule has 1 fully saturated rings. The van der Waals surface area contributed by atoms with Crippen LogP contribution in [0.1, 0.15) is 57.2 Å². The number of carbonyl (C=O) groups is 2. The average Bonchev–Trinajstić information content (AvgIpc) is 3.12. The van der Waals surface area contributed by atoms with Crippen molar-refractivity contribution in [2.24, 2.45) is 0 Å². The number of nitrogens with zero attached hydrogens (tertiary/aromatic N) is 3. The largest absolute Gasteiger partial charge is 0.507 e. The van der Waals surface area contributed by atoms with Crippen LogP contribution < -0.4 is 4.74 Å². The lowest BCUT2D eigenvalue weighted by atomic mass is 9.96. The Hall–Kier alpha value is -3.19. The van der Waals surface area contributed by atoms with Crippen molar-refractivity contribution in [1.82, 2.24) is 14.8 Å². The number of likely N-dealkylation sites (tertiary alicyclic amines) is 1. The maximum Gasteiger partial charge on any atom is 0.295 e. The lowest BCUT2D eigenvalue weighted by Gasteiger charge is -2.26. The number of ketones is 1. The molecular weight excluding hydrogens is 430 g/mol. The monoisotopic (exact) mass is 465 g/mol. The van der Waals surface area contributed by atoms with Gasteiger partial charge in [0.15, 0.2) is 0 Å². The Morgan fingerprint density at radius 2 is 1.91 bits per heavy atom. The number of hydrogen-bond acceptors (Lipinski definition) is 6. The van der Waals surface area contributed by atoms with Gasteiger partial charge in [-0.3, -0.25) is 14.6 Å². The third-order valence-electron chi connectivity index (χ3n) is 6.18. The minimum Gasteiger partial charge on any atom is -0.507 e. The topological polar surface area (TPSA) is 83.0 Å². The summed E-state index contributed by atoms with van der Waals surface area (Å²) < 4.78 is 5.77. The Morgan fingerprint density at radius 1 is 1.12 bits per heavy atom. The number of pyridine rings is 1. The normalized spacial score (nSPS) is 17.5. The second-order valence-corrected chi connectivity index (χ2v) is 8.39. The Morgan fingerprint density at radius 3 is 2.59 bits per heavy atom. The maximum atomic E-state index is 13.1. The molecule has 2 heterocycles.